The van der Waals surface area contributed by atoms with Crippen molar-refractivity contribution in [1.29, 1.82) is 0 Å². The fraction of sp³-hybridized carbons (Fsp3) is 0.167. The smallest absolute Gasteiger partial charge is 0.259 e. The van der Waals surface area contributed by atoms with E-state index in [0.717, 1.165) is 21.9 Å². The van der Waals surface area contributed by atoms with Crippen LogP contribution in [0.15, 0.2) is 42.5 Å². The SMILES string of the molecule is Cc1nnc(NC(=O)c2ccccc2Nc2cccc(C)c2C)s1. The number of benzene rings is 2. The van der Waals surface area contributed by atoms with Crippen molar-refractivity contribution in [2.45, 2.75) is 20.8 Å². The van der Waals surface area contributed by atoms with Crippen LogP contribution in [0.1, 0.15) is 26.5 Å². The number of nitrogens with one attached hydrogen (secondary N) is 2. The van der Waals surface area contributed by atoms with E-state index in [1.807, 2.05) is 37.3 Å². The number of aryl methyl sites for hydroxylation is 2. The third kappa shape index (κ3) is 3.44. The summed E-state index contributed by atoms with van der Waals surface area (Å²) in [4.78, 5) is 12.6. The van der Waals surface area contributed by atoms with Crippen molar-refractivity contribution in [2.24, 2.45) is 0 Å². The Bertz CT molecular complexity index is 888. The Balaban J connectivity index is 1.87. The van der Waals surface area contributed by atoms with Gasteiger partial charge in [-0.05, 0) is 50.1 Å². The Morgan fingerprint density at radius 2 is 1.71 bits per heavy atom. The second-order valence-electron chi connectivity index (χ2n) is 5.50. The van der Waals surface area contributed by atoms with Crippen LogP contribution in [-0.4, -0.2) is 16.1 Å². The molecule has 5 nitrogen and oxygen atoms in total. The molecule has 0 radical (unpaired) electrons. The molecule has 0 unspecified atom stereocenters. The zero-order chi connectivity index (χ0) is 17.1. The van der Waals surface area contributed by atoms with Crippen LogP contribution < -0.4 is 10.6 Å². The first-order valence-corrected chi connectivity index (χ1v) is 8.40. The minimum atomic E-state index is -0.209. The summed E-state index contributed by atoms with van der Waals surface area (Å²) in [5.74, 6) is -0.209. The van der Waals surface area contributed by atoms with E-state index in [0.29, 0.717) is 10.7 Å². The number of para-hydroxylation sites is 1. The number of nitrogens with zero attached hydrogens (tertiary/aromatic N) is 2. The maximum atomic E-state index is 12.6. The first kappa shape index (κ1) is 16.1. The van der Waals surface area contributed by atoms with Crippen LogP contribution >= 0.6 is 11.3 Å². The summed E-state index contributed by atoms with van der Waals surface area (Å²) < 4.78 is 0. The lowest BCUT2D eigenvalue weighted by Crippen LogP contribution is -2.14. The number of anilines is 3. The standard InChI is InChI=1S/C18H18N4OS/c1-11-7-6-10-15(12(11)2)19-16-9-5-4-8-14(16)17(23)20-18-22-21-13(3)24-18/h4-10,19H,1-3H3,(H,20,22,23). The number of amides is 1. The number of carbonyl (C=O) groups is 1. The highest BCUT2D eigenvalue weighted by Gasteiger charge is 2.14. The Kier molecular flexibility index (Phi) is 4.57. The van der Waals surface area contributed by atoms with Crippen molar-refractivity contribution in [1.82, 2.24) is 10.2 Å². The fourth-order valence-electron chi connectivity index (χ4n) is 2.33. The minimum absolute atomic E-state index is 0.209. The summed E-state index contributed by atoms with van der Waals surface area (Å²) in [5.41, 5.74) is 4.66. The lowest BCUT2D eigenvalue weighted by molar-refractivity contribution is 0.102. The van der Waals surface area contributed by atoms with E-state index in [1.54, 1.807) is 6.07 Å². The minimum Gasteiger partial charge on any atom is -0.355 e. The third-order valence-electron chi connectivity index (χ3n) is 3.79. The molecule has 0 spiro atoms. The number of carbonyl (C=O) groups excluding carboxylic acids is 1. The second kappa shape index (κ2) is 6.80. The van der Waals surface area contributed by atoms with E-state index < -0.39 is 0 Å². The molecule has 0 atom stereocenters. The van der Waals surface area contributed by atoms with Gasteiger partial charge in [0.15, 0.2) is 0 Å². The van der Waals surface area contributed by atoms with Crippen molar-refractivity contribution in [3.8, 4) is 0 Å². The molecule has 2 aromatic carbocycles. The van der Waals surface area contributed by atoms with Crippen molar-refractivity contribution in [3.63, 3.8) is 0 Å². The Morgan fingerprint density at radius 1 is 0.958 bits per heavy atom. The molecule has 6 heteroatoms. The van der Waals surface area contributed by atoms with Gasteiger partial charge in [-0.3, -0.25) is 10.1 Å². The molecule has 0 fully saturated rings. The van der Waals surface area contributed by atoms with Gasteiger partial charge in [-0.1, -0.05) is 35.6 Å². The monoisotopic (exact) mass is 338 g/mol. The quantitative estimate of drug-likeness (QED) is 0.737. The molecule has 0 bridgehead atoms. The molecule has 1 heterocycles. The predicted octanol–water partition coefficient (Wildman–Crippen LogP) is 4.46. The fourth-order valence-corrected chi connectivity index (χ4v) is 2.92. The van der Waals surface area contributed by atoms with Crippen LogP contribution in [0.4, 0.5) is 16.5 Å². The van der Waals surface area contributed by atoms with E-state index in [1.165, 1.54) is 16.9 Å². The van der Waals surface area contributed by atoms with Crippen molar-refractivity contribution in [2.75, 3.05) is 10.6 Å². The lowest BCUT2D eigenvalue weighted by Gasteiger charge is -2.14. The summed E-state index contributed by atoms with van der Waals surface area (Å²) in [6.07, 6.45) is 0. The van der Waals surface area contributed by atoms with Crippen molar-refractivity contribution in [3.05, 3.63) is 64.2 Å². The highest BCUT2D eigenvalue weighted by atomic mass is 32.1. The van der Waals surface area contributed by atoms with E-state index in [-0.39, 0.29) is 5.91 Å². The molecular weight excluding hydrogens is 320 g/mol. The number of hydrogen-bond acceptors (Lipinski definition) is 5. The summed E-state index contributed by atoms with van der Waals surface area (Å²) in [5, 5.41) is 15.3. The molecule has 24 heavy (non-hydrogen) atoms. The number of hydrogen-bond donors (Lipinski definition) is 2. The van der Waals surface area contributed by atoms with Gasteiger partial charge < -0.3 is 5.32 Å². The van der Waals surface area contributed by atoms with Crippen molar-refractivity contribution >= 4 is 33.8 Å². The van der Waals surface area contributed by atoms with Gasteiger partial charge in [0, 0.05) is 5.69 Å². The van der Waals surface area contributed by atoms with Gasteiger partial charge >= 0.3 is 0 Å². The topological polar surface area (TPSA) is 66.9 Å². The molecular formula is C18H18N4OS. The molecule has 1 aromatic heterocycles. The Labute approximate surface area is 144 Å². The lowest BCUT2D eigenvalue weighted by atomic mass is 10.1. The maximum Gasteiger partial charge on any atom is 0.259 e. The first-order valence-electron chi connectivity index (χ1n) is 7.58. The van der Waals surface area contributed by atoms with Crippen LogP contribution in [0.3, 0.4) is 0 Å². The summed E-state index contributed by atoms with van der Waals surface area (Å²) in [6, 6.07) is 13.5. The van der Waals surface area contributed by atoms with Crippen molar-refractivity contribution < 1.29 is 4.79 Å². The molecule has 0 aliphatic carbocycles. The third-order valence-corrected chi connectivity index (χ3v) is 4.55. The van der Waals surface area contributed by atoms with Gasteiger partial charge in [-0.2, -0.15) is 0 Å². The molecule has 1 amide bonds. The molecule has 0 saturated carbocycles. The number of aromatic nitrogens is 2. The van der Waals surface area contributed by atoms with E-state index in [2.05, 4.69) is 40.7 Å². The van der Waals surface area contributed by atoms with E-state index in [4.69, 9.17) is 0 Å². The van der Waals surface area contributed by atoms with Gasteiger partial charge in [-0.25, -0.2) is 0 Å². The average molecular weight is 338 g/mol. The first-order chi connectivity index (χ1) is 11.5. The molecule has 0 aliphatic heterocycles. The van der Waals surface area contributed by atoms with Gasteiger partial charge in [0.1, 0.15) is 5.01 Å². The largest absolute Gasteiger partial charge is 0.355 e. The molecule has 3 aromatic rings. The van der Waals surface area contributed by atoms with Gasteiger partial charge in [0.25, 0.3) is 5.91 Å². The summed E-state index contributed by atoms with van der Waals surface area (Å²) in [7, 11) is 0. The molecule has 0 aliphatic rings. The zero-order valence-corrected chi connectivity index (χ0v) is 14.6. The van der Waals surface area contributed by atoms with E-state index >= 15 is 0 Å². The predicted molar refractivity (Wildman–Crippen MR) is 98.2 cm³/mol. The Hall–Kier alpha value is -2.73. The van der Waals surface area contributed by atoms with Crippen LogP contribution in [-0.2, 0) is 0 Å². The highest BCUT2D eigenvalue weighted by Crippen LogP contribution is 2.26. The molecule has 2 N–H and O–H groups in total. The maximum absolute atomic E-state index is 12.6. The normalized spacial score (nSPS) is 10.5. The van der Waals surface area contributed by atoms with Crippen LogP contribution in [0.25, 0.3) is 0 Å². The highest BCUT2D eigenvalue weighted by molar-refractivity contribution is 7.15. The van der Waals surface area contributed by atoms with Crippen LogP contribution in [0.5, 0.6) is 0 Å². The molecule has 3 rings (SSSR count). The van der Waals surface area contributed by atoms with Crippen LogP contribution in [0.2, 0.25) is 0 Å². The van der Waals surface area contributed by atoms with Gasteiger partial charge in [0.2, 0.25) is 5.13 Å². The summed E-state index contributed by atoms with van der Waals surface area (Å²) in [6.45, 7) is 5.98. The zero-order valence-electron chi connectivity index (χ0n) is 13.8. The van der Waals surface area contributed by atoms with Crippen LogP contribution in [0, 0.1) is 20.8 Å². The molecule has 0 saturated heterocycles. The molecule has 122 valence electrons. The Morgan fingerprint density at radius 3 is 2.46 bits per heavy atom. The number of rotatable bonds is 4. The average Bonchev–Trinajstić information content (AvgIpc) is 2.97. The summed E-state index contributed by atoms with van der Waals surface area (Å²) >= 11 is 1.35. The second-order valence-corrected chi connectivity index (χ2v) is 6.68. The van der Waals surface area contributed by atoms with E-state index in [9.17, 15) is 4.79 Å². The van der Waals surface area contributed by atoms with Gasteiger partial charge in [-0.15, -0.1) is 10.2 Å². The van der Waals surface area contributed by atoms with Gasteiger partial charge in [0.05, 0.1) is 11.3 Å².